The Kier molecular flexibility index (Phi) is 3.83. The van der Waals surface area contributed by atoms with Gasteiger partial charge in [0.15, 0.2) is 11.5 Å². The fraction of sp³-hybridized carbons (Fsp3) is 0.231. The maximum absolute atomic E-state index is 6.04. The van der Waals surface area contributed by atoms with Crippen LogP contribution in [0.25, 0.3) is 10.9 Å². The van der Waals surface area contributed by atoms with Crippen molar-refractivity contribution in [2.45, 2.75) is 6.54 Å². The lowest BCUT2D eigenvalue weighted by atomic mass is 10.2. The molecule has 0 bridgehead atoms. The van der Waals surface area contributed by atoms with Crippen LogP contribution in [0.3, 0.4) is 0 Å². The number of ether oxygens (including phenoxy) is 2. The fourth-order valence-electron chi connectivity index (χ4n) is 1.91. The Balaban J connectivity index is 1.83. The van der Waals surface area contributed by atoms with Crippen molar-refractivity contribution in [3.8, 4) is 11.5 Å². The van der Waals surface area contributed by atoms with Crippen molar-refractivity contribution in [2.24, 2.45) is 0 Å². The molecule has 0 spiro atoms. The molecule has 0 fully saturated rings. The van der Waals surface area contributed by atoms with Crippen LogP contribution in [-0.4, -0.2) is 38.7 Å². The summed E-state index contributed by atoms with van der Waals surface area (Å²) in [7, 11) is 1.57. The summed E-state index contributed by atoms with van der Waals surface area (Å²) in [5.41, 5.74) is 0.701. The van der Waals surface area contributed by atoms with E-state index in [4.69, 9.17) is 21.1 Å². The first-order chi connectivity index (χ1) is 10.3. The molecule has 1 aromatic carbocycles. The highest BCUT2D eigenvalue weighted by Gasteiger charge is 2.10. The number of aromatic nitrogens is 5. The molecular formula is C13H12ClN5O2. The number of hydrogen-bond donors (Lipinski definition) is 0. The second-order valence-corrected chi connectivity index (χ2v) is 4.56. The van der Waals surface area contributed by atoms with Crippen LogP contribution in [0.5, 0.6) is 11.5 Å². The zero-order valence-corrected chi connectivity index (χ0v) is 12.0. The molecule has 0 atom stereocenters. The molecule has 0 saturated heterocycles. The van der Waals surface area contributed by atoms with E-state index >= 15 is 0 Å². The van der Waals surface area contributed by atoms with E-state index in [2.05, 4.69) is 20.3 Å². The summed E-state index contributed by atoms with van der Waals surface area (Å²) in [6, 6.07) is 3.55. The average Bonchev–Trinajstić information content (AvgIpc) is 3.00. The third-order valence-corrected chi connectivity index (χ3v) is 3.22. The smallest absolute Gasteiger partial charge is 0.163 e. The van der Waals surface area contributed by atoms with Gasteiger partial charge in [-0.3, -0.25) is 0 Å². The number of fused-ring (bicyclic) bond motifs is 1. The van der Waals surface area contributed by atoms with Crippen LogP contribution in [0.2, 0.25) is 5.15 Å². The van der Waals surface area contributed by atoms with Gasteiger partial charge in [-0.05, 0) is 6.07 Å². The van der Waals surface area contributed by atoms with Crippen molar-refractivity contribution in [1.29, 1.82) is 0 Å². The van der Waals surface area contributed by atoms with E-state index in [1.54, 1.807) is 36.3 Å². The van der Waals surface area contributed by atoms with Crippen molar-refractivity contribution >= 4 is 22.5 Å². The largest absolute Gasteiger partial charge is 0.493 e. The third kappa shape index (κ3) is 2.87. The highest BCUT2D eigenvalue weighted by molar-refractivity contribution is 6.34. The van der Waals surface area contributed by atoms with Gasteiger partial charge in [-0.25, -0.2) is 14.6 Å². The Morgan fingerprint density at radius 3 is 2.90 bits per heavy atom. The van der Waals surface area contributed by atoms with Crippen LogP contribution in [0.1, 0.15) is 0 Å². The first-order valence-corrected chi connectivity index (χ1v) is 6.61. The van der Waals surface area contributed by atoms with Crippen LogP contribution < -0.4 is 9.47 Å². The van der Waals surface area contributed by atoms with Gasteiger partial charge >= 0.3 is 0 Å². The molecule has 0 aliphatic carbocycles. The van der Waals surface area contributed by atoms with Gasteiger partial charge in [0.05, 0.1) is 25.4 Å². The summed E-state index contributed by atoms with van der Waals surface area (Å²) in [6.45, 7) is 1.02. The lowest BCUT2D eigenvalue weighted by Gasteiger charge is -2.12. The first-order valence-electron chi connectivity index (χ1n) is 6.23. The second kappa shape index (κ2) is 5.92. The number of hydrogen-bond acceptors (Lipinski definition) is 6. The van der Waals surface area contributed by atoms with Crippen LogP contribution in [0.4, 0.5) is 0 Å². The van der Waals surface area contributed by atoms with Crippen LogP contribution in [0, 0.1) is 0 Å². The van der Waals surface area contributed by atoms with E-state index in [0.717, 1.165) is 5.39 Å². The van der Waals surface area contributed by atoms with Gasteiger partial charge in [0, 0.05) is 17.6 Å². The molecule has 7 nitrogen and oxygen atoms in total. The summed E-state index contributed by atoms with van der Waals surface area (Å²) < 4.78 is 12.7. The molecule has 0 saturated carbocycles. The number of benzene rings is 1. The van der Waals surface area contributed by atoms with Crippen molar-refractivity contribution in [1.82, 2.24) is 25.0 Å². The maximum atomic E-state index is 6.04. The van der Waals surface area contributed by atoms with Gasteiger partial charge < -0.3 is 9.47 Å². The molecule has 0 N–H and O–H groups in total. The van der Waals surface area contributed by atoms with Gasteiger partial charge in [0.1, 0.15) is 18.1 Å². The second-order valence-electron chi connectivity index (χ2n) is 4.20. The highest BCUT2D eigenvalue weighted by Crippen LogP contribution is 2.33. The maximum Gasteiger partial charge on any atom is 0.163 e. The number of nitrogens with zero attached hydrogens (tertiary/aromatic N) is 5. The summed E-state index contributed by atoms with van der Waals surface area (Å²) in [4.78, 5) is 8.13. The van der Waals surface area contributed by atoms with Crippen molar-refractivity contribution in [3.05, 3.63) is 36.0 Å². The quantitative estimate of drug-likeness (QED) is 0.671. The average molecular weight is 306 g/mol. The summed E-state index contributed by atoms with van der Waals surface area (Å²) >= 11 is 6.04. The van der Waals surface area contributed by atoms with Gasteiger partial charge in [0.2, 0.25) is 0 Å². The standard InChI is InChI=1S/C13H12ClN5O2/c1-20-11-6-9-10(15-8-16-13(9)14)7-12(11)21-5-4-19-3-2-17-18-19/h2-3,6-8H,4-5H2,1H3. The van der Waals surface area contributed by atoms with Crippen LogP contribution >= 0.6 is 11.6 Å². The molecule has 0 amide bonds. The molecule has 0 unspecified atom stereocenters. The van der Waals surface area contributed by atoms with Gasteiger partial charge in [-0.2, -0.15) is 0 Å². The summed E-state index contributed by atoms with van der Waals surface area (Å²) in [5.74, 6) is 1.18. The van der Waals surface area contributed by atoms with E-state index in [1.165, 1.54) is 6.33 Å². The Labute approximate surface area is 125 Å². The topological polar surface area (TPSA) is 75.0 Å². The Morgan fingerprint density at radius 2 is 2.14 bits per heavy atom. The molecule has 8 heteroatoms. The minimum absolute atomic E-state index is 0.382. The van der Waals surface area contributed by atoms with Crippen LogP contribution in [0.15, 0.2) is 30.9 Å². The van der Waals surface area contributed by atoms with Crippen molar-refractivity contribution < 1.29 is 9.47 Å². The minimum atomic E-state index is 0.382. The fourth-order valence-corrected chi connectivity index (χ4v) is 2.10. The van der Waals surface area contributed by atoms with E-state index < -0.39 is 0 Å². The van der Waals surface area contributed by atoms with Gasteiger partial charge in [-0.15, -0.1) is 5.10 Å². The minimum Gasteiger partial charge on any atom is -0.493 e. The Hall–Kier alpha value is -2.41. The number of methoxy groups -OCH3 is 1. The Bertz CT molecular complexity index is 748. The molecule has 0 aliphatic rings. The predicted molar refractivity (Wildman–Crippen MR) is 76.6 cm³/mol. The zero-order valence-electron chi connectivity index (χ0n) is 11.2. The third-order valence-electron chi connectivity index (χ3n) is 2.92. The SMILES string of the molecule is COc1cc2c(Cl)ncnc2cc1OCCn1ccnn1. The molecule has 3 rings (SSSR count). The van der Waals surface area contributed by atoms with E-state index in [-0.39, 0.29) is 0 Å². The van der Waals surface area contributed by atoms with Crippen molar-refractivity contribution in [3.63, 3.8) is 0 Å². The molecule has 3 aromatic rings. The monoisotopic (exact) mass is 305 g/mol. The Morgan fingerprint density at radius 1 is 1.24 bits per heavy atom. The highest BCUT2D eigenvalue weighted by atomic mass is 35.5. The zero-order chi connectivity index (χ0) is 14.7. The lowest BCUT2D eigenvalue weighted by Crippen LogP contribution is -2.09. The molecule has 2 heterocycles. The summed E-state index contributed by atoms with van der Waals surface area (Å²) in [5, 5.41) is 8.71. The van der Waals surface area contributed by atoms with Gasteiger partial charge in [0.25, 0.3) is 0 Å². The summed E-state index contributed by atoms with van der Waals surface area (Å²) in [6.07, 6.45) is 4.81. The van der Waals surface area contributed by atoms with Gasteiger partial charge in [-0.1, -0.05) is 16.8 Å². The van der Waals surface area contributed by atoms with E-state index in [0.29, 0.717) is 35.3 Å². The predicted octanol–water partition coefficient (Wildman–Crippen LogP) is 1.96. The van der Waals surface area contributed by atoms with Crippen LogP contribution in [-0.2, 0) is 6.54 Å². The number of rotatable bonds is 5. The van der Waals surface area contributed by atoms with E-state index in [9.17, 15) is 0 Å². The first kappa shape index (κ1) is 13.6. The molecular weight excluding hydrogens is 294 g/mol. The van der Waals surface area contributed by atoms with Crippen molar-refractivity contribution in [2.75, 3.05) is 13.7 Å². The number of halogens is 1. The molecule has 108 valence electrons. The molecule has 0 radical (unpaired) electrons. The van der Waals surface area contributed by atoms with E-state index in [1.807, 2.05) is 0 Å². The lowest BCUT2D eigenvalue weighted by molar-refractivity contribution is 0.273. The molecule has 2 aromatic heterocycles. The normalized spacial score (nSPS) is 10.8. The molecule has 0 aliphatic heterocycles. The molecule has 21 heavy (non-hydrogen) atoms.